The molecule has 20 heavy (non-hydrogen) atoms. The number of aliphatic hydroxyl groups excluding tert-OH is 1. The quantitative estimate of drug-likeness (QED) is 0.771. The van der Waals surface area contributed by atoms with Gasteiger partial charge < -0.3 is 21.1 Å². The Hall–Kier alpha value is -1.34. The van der Waals surface area contributed by atoms with E-state index >= 15 is 0 Å². The maximum atomic E-state index is 12.5. The molecule has 0 radical (unpaired) electrons. The molecule has 0 saturated heterocycles. The fraction of sp³-hybridized carbons (Fsp3) is 0.692. The van der Waals surface area contributed by atoms with Crippen molar-refractivity contribution in [2.24, 2.45) is 0 Å². The average Bonchev–Trinajstić information content (AvgIpc) is 2.63. The summed E-state index contributed by atoms with van der Waals surface area (Å²) in [6.07, 6.45) is 0. The first-order chi connectivity index (χ1) is 9.15. The van der Waals surface area contributed by atoms with Gasteiger partial charge in [0.05, 0.1) is 6.61 Å². The third-order valence-corrected chi connectivity index (χ3v) is 3.53. The number of aliphatic hydroxyl groups is 1. The number of nitrogen functional groups attached to an aromatic ring is 1. The SMILES string of the molecule is CC(C)N(CCO)C(=O)c1sc(NC(C)(C)C)nc1N. The molecule has 0 bridgehead atoms. The Bertz CT molecular complexity index is 465. The Labute approximate surface area is 124 Å². The summed E-state index contributed by atoms with van der Waals surface area (Å²) in [6, 6.07) is -0.00447. The van der Waals surface area contributed by atoms with Crippen LogP contribution in [0.5, 0.6) is 0 Å². The van der Waals surface area contributed by atoms with E-state index in [1.165, 1.54) is 11.3 Å². The van der Waals surface area contributed by atoms with Gasteiger partial charge in [-0.25, -0.2) is 4.98 Å². The number of hydrogen-bond acceptors (Lipinski definition) is 6. The smallest absolute Gasteiger partial charge is 0.268 e. The van der Waals surface area contributed by atoms with Gasteiger partial charge in [-0.2, -0.15) is 0 Å². The first kappa shape index (κ1) is 16.7. The number of aromatic nitrogens is 1. The van der Waals surface area contributed by atoms with Crippen LogP contribution >= 0.6 is 11.3 Å². The maximum absolute atomic E-state index is 12.5. The molecule has 1 heterocycles. The summed E-state index contributed by atoms with van der Waals surface area (Å²) in [7, 11) is 0. The summed E-state index contributed by atoms with van der Waals surface area (Å²) in [5, 5.41) is 12.9. The highest BCUT2D eigenvalue weighted by atomic mass is 32.1. The van der Waals surface area contributed by atoms with Crippen molar-refractivity contribution in [2.45, 2.75) is 46.2 Å². The molecule has 1 amide bonds. The van der Waals surface area contributed by atoms with E-state index in [0.29, 0.717) is 10.0 Å². The van der Waals surface area contributed by atoms with Crippen molar-refractivity contribution in [3.05, 3.63) is 4.88 Å². The zero-order valence-corrected chi connectivity index (χ0v) is 13.5. The van der Waals surface area contributed by atoms with E-state index in [9.17, 15) is 4.79 Å². The van der Waals surface area contributed by atoms with E-state index in [1.54, 1.807) is 4.90 Å². The number of amides is 1. The topological polar surface area (TPSA) is 91.5 Å². The van der Waals surface area contributed by atoms with E-state index < -0.39 is 0 Å². The van der Waals surface area contributed by atoms with Crippen molar-refractivity contribution in [1.29, 1.82) is 0 Å². The second-order valence-corrected chi connectivity index (χ2v) is 6.92. The predicted molar refractivity (Wildman–Crippen MR) is 83.2 cm³/mol. The van der Waals surface area contributed by atoms with Gasteiger partial charge in [0.15, 0.2) is 5.13 Å². The Morgan fingerprint density at radius 2 is 2.10 bits per heavy atom. The van der Waals surface area contributed by atoms with Crippen LogP contribution in [0.2, 0.25) is 0 Å². The normalized spacial score (nSPS) is 11.8. The minimum absolute atomic E-state index is 0.00447. The van der Waals surface area contributed by atoms with Crippen molar-refractivity contribution in [2.75, 3.05) is 24.2 Å². The second-order valence-electron chi connectivity index (χ2n) is 5.92. The maximum Gasteiger partial charge on any atom is 0.268 e. The third kappa shape index (κ3) is 4.35. The molecule has 114 valence electrons. The Morgan fingerprint density at radius 3 is 2.55 bits per heavy atom. The highest BCUT2D eigenvalue weighted by Gasteiger charge is 2.24. The molecule has 1 aromatic heterocycles. The Balaban J connectivity index is 2.98. The van der Waals surface area contributed by atoms with Crippen LogP contribution in [-0.4, -0.2) is 45.6 Å². The number of nitrogens with zero attached hydrogens (tertiary/aromatic N) is 2. The number of thiazole rings is 1. The molecule has 0 aromatic carbocycles. The van der Waals surface area contributed by atoms with Crippen molar-refractivity contribution in [3.8, 4) is 0 Å². The highest BCUT2D eigenvalue weighted by Crippen LogP contribution is 2.28. The summed E-state index contributed by atoms with van der Waals surface area (Å²) in [6.45, 7) is 10.1. The first-order valence-corrected chi connectivity index (χ1v) is 7.43. The highest BCUT2D eigenvalue weighted by molar-refractivity contribution is 7.18. The molecule has 0 atom stereocenters. The number of hydrogen-bond donors (Lipinski definition) is 3. The summed E-state index contributed by atoms with van der Waals surface area (Å²) in [5.41, 5.74) is 5.70. The zero-order valence-electron chi connectivity index (χ0n) is 12.7. The molecule has 1 aromatic rings. The van der Waals surface area contributed by atoms with Crippen molar-refractivity contribution < 1.29 is 9.90 Å². The lowest BCUT2D eigenvalue weighted by Gasteiger charge is -2.25. The monoisotopic (exact) mass is 300 g/mol. The second kappa shape index (κ2) is 6.41. The average molecular weight is 300 g/mol. The predicted octanol–water partition coefficient (Wildman–Crippen LogP) is 1.78. The first-order valence-electron chi connectivity index (χ1n) is 6.62. The van der Waals surface area contributed by atoms with Crippen LogP contribution in [-0.2, 0) is 0 Å². The molecule has 0 aliphatic heterocycles. The molecular weight excluding hydrogens is 276 g/mol. The van der Waals surface area contributed by atoms with Crippen molar-refractivity contribution >= 4 is 28.2 Å². The molecule has 7 heteroatoms. The van der Waals surface area contributed by atoms with Gasteiger partial charge in [-0.3, -0.25) is 4.79 Å². The minimum atomic E-state index is -0.189. The fourth-order valence-corrected chi connectivity index (χ4v) is 2.74. The van der Waals surface area contributed by atoms with E-state index in [2.05, 4.69) is 10.3 Å². The van der Waals surface area contributed by atoms with Gasteiger partial charge in [0.1, 0.15) is 10.7 Å². The van der Waals surface area contributed by atoms with E-state index in [-0.39, 0.29) is 36.5 Å². The minimum Gasteiger partial charge on any atom is -0.395 e. The van der Waals surface area contributed by atoms with Gasteiger partial charge in [-0.05, 0) is 34.6 Å². The number of carbonyl (C=O) groups is 1. The van der Waals surface area contributed by atoms with Crippen LogP contribution in [0.3, 0.4) is 0 Å². The summed E-state index contributed by atoms with van der Waals surface area (Å²) >= 11 is 1.25. The number of rotatable bonds is 5. The summed E-state index contributed by atoms with van der Waals surface area (Å²) in [4.78, 5) is 18.7. The van der Waals surface area contributed by atoms with E-state index in [4.69, 9.17) is 10.8 Å². The van der Waals surface area contributed by atoms with E-state index in [1.807, 2.05) is 34.6 Å². The van der Waals surface area contributed by atoms with Crippen LogP contribution in [0.15, 0.2) is 0 Å². The number of anilines is 2. The number of nitrogens with one attached hydrogen (secondary N) is 1. The molecule has 0 aliphatic rings. The van der Waals surface area contributed by atoms with Gasteiger partial charge in [0.2, 0.25) is 0 Å². The molecular formula is C13H24N4O2S. The zero-order chi connectivity index (χ0) is 15.5. The van der Waals surface area contributed by atoms with Gasteiger partial charge in [-0.1, -0.05) is 11.3 Å². The van der Waals surface area contributed by atoms with Crippen molar-refractivity contribution in [1.82, 2.24) is 9.88 Å². The Kier molecular flexibility index (Phi) is 5.35. The molecule has 1 rings (SSSR count). The van der Waals surface area contributed by atoms with Gasteiger partial charge in [0.25, 0.3) is 5.91 Å². The molecule has 6 nitrogen and oxygen atoms in total. The standard InChI is InChI=1S/C13H24N4O2S/c1-8(2)17(6-7-18)11(19)9-10(14)15-12(20-9)16-13(3,4)5/h8,18H,6-7,14H2,1-5H3,(H,15,16). The number of nitrogens with two attached hydrogens (primary N) is 1. The molecule has 0 unspecified atom stereocenters. The van der Waals surface area contributed by atoms with Crippen molar-refractivity contribution in [3.63, 3.8) is 0 Å². The summed E-state index contributed by atoms with van der Waals surface area (Å²) in [5.74, 6) is 0.0429. The molecule has 4 N–H and O–H groups in total. The number of carbonyl (C=O) groups excluding carboxylic acids is 1. The van der Waals surface area contributed by atoms with Crippen LogP contribution in [0.25, 0.3) is 0 Å². The van der Waals surface area contributed by atoms with Gasteiger partial charge >= 0.3 is 0 Å². The third-order valence-electron chi connectivity index (χ3n) is 2.55. The van der Waals surface area contributed by atoms with Gasteiger partial charge in [0, 0.05) is 18.1 Å². The van der Waals surface area contributed by atoms with Crippen LogP contribution < -0.4 is 11.1 Å². The van der Waals surface area contributed by atoms with Gasteiger partial charge in [-0.15, -0.1) is 0 Å². The lowest BCUT2D eigenvalue weighted by Crippen LogP contribution is -2.38. The lowest BCUT2D eigenvalue weighted by molar-refractivity contribution is 0.0671. The van der Waals surface area contributed by atoms with Crippen LogP contribution in [0.4, 0.5) is 10.9 Å². The largest absolute Gasteiger partial charge is 0.395 e. The molecule has 0 spiro atoms. The van der Waals surface area contributed by atoms with E-state index in [0.717, 1.165) is 0 Å². The lowest BCUT2D eigenvalue weighted by atomic mass is 10.1. The molecule has 0 aliphatic carbocycles. The van der Waals surface area contributed by atoms with Crippen LogP contribution in [0.1, 0.15) is 44.3 Å². The molecule has 0 saturated carbocycles. The summed E-state index contributed by atoms with van der Waals surface area (Å²) < 4.78 is 0. The van der Waals surface area contributed by atoms with Crippen LogP contribution in [0, 0.1) is 0 Å². The molecule has 0 fully saturated rings. The Morgan fingerprint density at radius 1 is 1.50 bits per heavy atom. The fourth-order valence-electron chi connectivity index (χ4n) is 1.69.